The van der Waals surface area contributed by atoms with E-state index < -0.39 is 0 Å². The summed E-state index contributed by atoms with van der Waals surface area (Å²) in [6, 6.07) is 6.34. The first-order valence-corrected chi connectivity index (χ1v) is 5.67. The Labute approximate surface area is 100.0 Å². The zero-order chi connectivity index (χ0) is 12.3. The van der Waals surface area contributed by atoms with E-state index in [9.17, 15) is 9.18 Å². The molecule has 1 fully saturated rings. The number of carbonyl (C=O) groups excluding carboxylic acids is 1. The van der Waals surface area contributed by atoms with Gasteiger partial charge < -0.3 is 10.1 Å². The van der Waals surface area contributed by atoms with Crippen LogP contribution in [0, 0.1) is 11.2 Å². The van der Waals surface area contributed by atoms with E-state index >= 15 is 0 Å². The number of benzene rings is 1. The number of nitrogens with one attached hydrogen (secondary N) is 1. The minimum absolute atomic E-state index is 0.0465. The Bertz CT molecular complexity index is 416. The van der Waals surface area contributed by atoms with E-state index in [1.54, 1.807) is 18.2 Å². The van der Waals surface area contributed by atoms with Crippen molar-refractivity contribution in [2.75, 3.05) is 19.8 Å². The van der Waals surface area contributed by atoms with Crippen LogP contribution in [0.15, 0.2) is 24.3 Å². The molecule has 92 valence electrons. The fourth-order valence-electron chi connectivity index (χ4n) is 1.74. The van der Waals surface area contributed by atoms with Crippen molar-refractivity contribution in [1.29, 1.82) is 0 Å². The van der Waals surface area contributed by atoms with Crippen LogP contribution in [-0.2, 0) is 16.0 Å². The maximum atomic E-state index is 13.3. The SMILES string of the molecule is CC1(CNC(=O)Cc2ccccc2F)COC1. The standard InChI is InChI=1S/C13H16FNO2/c1-13(8-17-9-13)7-15-12(16)6-10-4-2-3-5-11(10)14/h2-5H,6-9H2,1H3,(H,15,16). The van der Waals surface area contributed by atoms with Crippen molar-refractivity contribution in [2.24, 2.45) is 5.41 Å². The maximum absolute atomic E-state index is 13.3. The molecule has 1 N–H and O–H groups in total. The Morgan fingerprint density at radius 3 is 2.76 bits per heavy atom. The molecule has 1 heterocycles. The van der Waals surface area contributed by atoms with Gasteiger partial charge >= 0.3 is 0 Å². The second-order valence-corrected chi connectivity index (χ2v) is 4.85. The highest BCUT2D eigenvalue weighted by atomic mass is 19.1. The molecular weight excluding hydrogens is 221 g/mol. The van der Waals surface area contributed by atoms with Gasteiger partial charge in [0, 0.05) is 12.0 Å². The Hall–Kier alpha value is -1.42. The van der Waals surface area contributed by atoms with Crippen LogP contribution < -0.4 is 5.32 Å². The van der Waals surface area contributed by atoms with Crippen molar-refractivity contribution in [3.05, 3.63) is 35.6 Å². The Kier molecular flexibility index (Phi) is 3.43. The Morgan fingerprint density at radius 1 is 1.47 bits per heavy atom. The highest BCUT2D eigenvalue weighted by molar-refractivity contribution is 5.78. The highest BCUT2D eigenvalue weighted by Gasteiger charge is 2.33. The molecule has 0 saturated carbocycles. The molecule has 0 spiro atoms. The third-order valence-corrected chi connectivity index (χ3v) is 2.92. The quantitative estimate of drug-likeness (QED) is 0.862. The van der Waals surface area contributed by atoms with Crippen LogP contribution in [-0.4, -0.2) is 25.7 Å². The molecule has 1 aromatic carbocycles. The number of amides is 1. The van der Waals surface area contributed by atoms with Crippen LogP contribution in [0.25, 0.3) is 0 Å². The predicted molar refractivity (Wildman–Crippen MR) is 62.0 cm³/mol. The molecule has 1 aromatic rings. The number of ether oxygens (including phenoxy) is 1. The van der Waals surface area contributed by atoms with Crippen LogP contribution in [0.1, 0.15) is 12.5 Å². The molecule has 0 unspecified atom stereocenters. The smallest absolute Gasteiger partial charge is 0.224 e. The van der Waals surface area contributed by atoms with Gasteiger partial charge in [-0.15, -0.1) is 0 Å². The summed E-state index contributed by atoms with van der Waals surface area (Å²) < 4.78 is 18.4. The Morgan fingerprint density at radius 2 is 2.18 bits per heavy atom. The summed E-state index contributed by atoms with van der Waals surface area (Å²) in [4.78, 5) is 11.6. The number of hydrogen-bond donors (Lipinski definition) is 1. The summed E-state index contributed by atoms with van der Waals surface area (Å²) in [5, 5.41) is 2.82. The number of rotatable bonds is 4. The summed E-state index contributed by atoms with van der Waals surface area (Å²) in [5.41, 5.74) is 0.477. The van der Waals surface area contributed by atoms with Gasteiger partial charge in [0.2, 0.25) is 5.91 Å². The molecule has 4 heteroatoms. The largest absolute Gasteiger partial charge is 0.380 e. The fraction of sp³-hybridized carbons (Fsp3) is 0.462. The van der Waals surface area contributed by atoms with Crippen LogP contribution >= 0.6 is 0 Å². The van der Waals surface area contributed by atoms with Crippen molar-refractivity contribution in [3.8, 4) is 0 Å². The van der Waals surface area contributed by atoms with Crippen molar-refractivity contribution < 1.29 is 13.9 Å². The first-order chi connectivity index (χ1) is 8.09. The topological polar surface area (TPSA) is 38.3 Å². The van der Waals surface area contributed by atoms with Gasteiger partial charge in [-0.25, -0.2) is 4.39 Å². The van der Waals surface area contributed by atoms with Crippen LogP contribution in [0.5, 0.6) is 0 Å². The number of hydrogen-bond acceptors (Lipinski definition) is 2. The average Bonchev–Trinajstić information content (AvgIpc) is 2.27. The molecule has 2 rings (SSSR count). The van der Waals surface area contributed by atoms with E-state index in [-0.39, 0.29) is 23.6 Å². The molecule has 0 aliphatic carbocycles. The molecule has 0 atom stereocenters. The van der Waals surface area contributed by atoms with Gasteiger partial charge in [-0.2, -0.15) is 0 Å². The van der Waals surface area contributed by atoms with Gasteiger partial charge in [0.1, 0.15) is 5.82 Å². The minimum Gasteiger partial charge on any atom is -0.380 e. The number of halogens is 1. The van der Waals surface area contributed by atoms with Gasteiger partial charge in [-0.1, -0.05) is 25.1 Å². The van der Waals surface area contributed by atoms with Gasteiger partial charge in [-0.3, -0.25) is 4.79 Å². The monoisotopic (exact) mass is 237 g/mol. The molecule has 1 aliphatic heterocycles. The average molecular weight is 237 g/mol. The zero-order valence-electron chi connectivity index (χ0n) is 9.83. The third kappa shape index (κ3) is 3.03. The van der Waals surface area contributed by atoms with Crippen LogP contribution in [0.4, 0.5) is 4.39 Å². The lowest BCUT2D eigenvalue weighted by Crippen LogP contribution is -2.48. The summed E-state index contributed by atoms with van der Waals surface area (Å²) in [7, 11) is 0. The van der Waals surface area contributed by atoms with E-state index in [0.717, 1.165) is 0 Å². The highest BCUT2D eigenvalue weighted by Crippen LogP contribution is 2.25. The zero-order valence-corrected chi connectivity index (χ0v) is 9.83. The Balaban J connectivity index is 1.83. The second kappa shape index (κ2) is 4.84. The lowest BCUT2D eigenvalue weighted by molar-refractivity contribution is -0.126. The molecule has 0 aromatic heterocycles. The van der Waals surface area contributed by atoms with E-state index in [2.05, 4.69) is 12.2 Å². The van der Waals surface area contributed by atoms with Gasteiger partial charge in [0.05, 0.1) is 19.6 Å². The van der Waals surface area contributed by atoms with Crippen LogP contribution in [0.2, 0.25) is 0 Å². The van der Waals surface area contributed by atoms with E-state index in [1.807, 2.05) is 0 Å². The van der Waals surface area contributed by atoms with Crippen molar-refractivity contribution in [1.82, 2.24) is 5.32 Å². The predicted octanol–water partition coefficient (Wildman–Crippen LogP) is 1.52. The summed E-state index contributed by atoms with van der Waals surface area (Å²) in [6.07, 6.45) is 0.0869. The second-order valence-electron chi connectivity index (χ2n) is 4.85. The van der Waals surface area contributed by atoms with Gasteiger partial charge in [0.25, 0.3) is 0 Å². The summed E-state index contributed by atoms with van der Waals surface area (Å²) in [5.74, 6) is -0.482. The van der Waals surface area contributed by atoms with Crippen molar-refractivity contribution in [2.45, 2.75) is 13.3 Å². The van der Waals surface area contributed by atoms with Gasteiger partial charge in [-0.05, 0) is 11.6 Å². The lowest BCUT2D eigenvalue weighted by atomic mass is 9.89. The van der Waals surface area contributed by atoms with E-state index in [4.69, 9.17) is 4.74 Å². The molecule has 0 bridgehead atoms. The molecule has 3 nitrogen and oxygen atoms in total. The van der Waals surface area contributed by atoms with E-state index in [0.29, 0.717) is 25.3 Å². The molecule has 1 amide bonds. The maximum Gasteiger partial charge on any atom is 0.224 e. The fourth-order valence-corrected chi connectivity index (χ4v) is 1.74. The number of carbonyl (C=O) groups is 1. The first kappa shape index (κ1) is 12.0. The molecule has 0 radical (unpaired) electrons. The molecule has 1 saturated heterocycles. The minimum atomic E-state index is -0.333. The van der Waals surface area contributed by atoms with E-state index in [1.165, 1.54) is 6.07 Å². The van der Waals surface area contributed by atoms with Gasteiger partial charge in [0.15, 0.2) is 0 Å². The first-order valence-electron chi connectivity index (χ1n) is 5.67. The van der Waals surface area contributed by atoms with Crippen molar-refractivity contribution in [3.63, 3.8) is 0 Å². The summed E-state index contributed by atoms with van der Waals surface area (Å²) >= 11 is 0. The lowest BCUT2D eigenvalue weighted by Gasteiger charge is -2.38. The third-order valence-electron chi connectivity index (χ3n) is 2.92. The summed E-state index contributed by atoms with van der Waals surface area (Å²) in [6.45, 7) is 3.99. The molecule has 17 heavy (non-hydrogen) atoms. The molecular formula is C13H16FNO2. The van der Waals surface area contributed by atoms with Crippen molar-refractivity contribution >= 4 is 5.91 Å². The molecule has 1 aliphatic rings. The normalized spacial score (nSPS) is 17.3. The van der Waals surface area contributed by atoms with Crippen LogP contribution in [0.3, 0.4) is 0 Å².